The number of nitrogens with zero attached hydrogens (tertiary/aromatic N) is 2. The second-order valence-corrected chi connectivity index (χ2v) is 6.21. The molecular formula is C16H28BrN3. The van der Waals surface area contributed by atoms with E-state index in [2.05, 4.69) is 77.2 Å². The van der Waals surface area contributed by atoms with Gasteiger partial charge in [0.1, 0.15) is 0 Å². The first-order valence-corrected chi connectivity index (χ1v) is 8.26. The molecule has 0 radical (unpaired) electrons. The van der Waals surface area contributed by atoms with Gasteiger partial charge in [0, 0.05) is 29.8 Å². The number of halogens is 1. The molecule has 0 aliphatic heterocycles. The molecule has 0 spiro atoms. The third-order valence-corrected chi connectivity index (χ3v) is 3.86. The van der Waals surface area contributed by atoms with E-state index in [1.54, 1.807) is 0 Å². The van der Waals surface area contributed by atoms with Crippen molar-refractivity contribution in [1.82, 2.24) is 10.2 Å². The summed E-state index contributed by atoms with van der Waals surface area (Å²) in [6.45, 7) is 9.59. The standard InChI is InChI=1S/C16H28BrN3/c1-5-18-13-14-8-9-15(17)12-16(14)20(6-2)11-7-10-19(3)4/h8-9,12,18H,5-7,10-11,13H2,1-4H3. The van der Waals surface area contributed by atoms with Crippen LogP contribution in [0.5, 0.6) is 0 Å². The van der Waals surface area contributed by atoms with Crippen LogP contribution in [0.4, 0.5) is 5.69 Å². The average Bonchev–Trinajstić information content (AvgIpc) is 2.42. The molecule has 0 aromatic heterocycles. The van der Waals surface area contributed by atoms with Crippen molar-refractivity contribution in [2.24, 2.45) is 0 Å². The number of anilines is 1. The molecule has 0 saturated carbocycles. The van der Waals surface area contributed by atoms with Crippen LogP contribution in [0.25, 0.3) is 0 Å². The topological polar surface area (TPSA) is 18.5 Å². The van der Waals surface area contributed by atoms with E-state index in [-0.39, 0.29) is 0 Å². The van der Waals surface area contributed by atoms with E-state index in [0.717, 1.165) is 37.2 Å². The Morgan fingerprint density at radius 3 is 2.50 bits per heavy atom. The molecule has 4 heteroatoms. The van der Waals surface area contributed by atoms with E-state index in [9.17, 15) is 0 Å². The van der Waals surface area contributed by atoms with Gasteiger partial charge in [-0.2, -0.15) is 0 Å². The molecule has 0 amide bonds. The van der Waals surface area contributed by atoms with Crippen molar-refractivity contribution in [3.63, 3.8) is 0 Å². The lowest BCUT2D eigenvalue weighted by Crippen LogP contribution is -2.28. The van der Waals surface area contributed by atoms with Crippen LogP contribution in [0.2, 0.25) is 0 Å². The third kappa shape index (κ3) is 5.81. The average molecular weight is 342 g/mol. The summed E-state index contributed by atoms with van der Waals surface area (Å²) in [5, 5.41) is 3.43. The molecule has 114 valence electrons. The van der Waals surface area contributed by atoms with Gasteiger partial charge >= 0.3 is 0 Å². The fraction of sp³-hybridized carbons (Fsp3) is 0.625. The fourth-order valence-corrected chi connectivity index (χ4v) is 2.62. The second-order valence-electron chi connectivity index (χ2n) is 5.29. The van der Waals surface area contributed by atoms with Gasteiger partial charge in [0.25, 0.3) is 0 Å². The van der Waals surface area contributed by atoms with Crippen molar-refractivity contribution in [1.29, 1.82) is 0 Å². The van der Waals surface area contributed by atoms with E-state index in [0.29, 0.717) is 0 Å². The summed E-state index contributed by atoms with van der Waals surface area (Å²) in [7, 11) is 4.26. The molecule has 0 fully saturated rings. The van der Waals surface area contributed by atoms with Crippen LogP contribution in [0.1, 0.15) is 25.8 Å². The number of hydrogen-bond acceptors (Lipinski definition) is 3. The minimum atomic E-state index is 0.934. The molecule has 0 aliphatic rings. The number of rotatable bonds is 9. The van der Waals surface area contributed by atoms with Crippen molar-refractivity contribution < 1.29 is 0 Å². The van der Waals surface area contributed by atoms with Crippen LogP contribution in [0.3, 0.4) is 0 Å². The van der Waals surface area contributed by atoms with Gasteiger partial charge in [-0.25, -0.2) is 0 Å². The largest absolute Gasteiger partial charge is 0.371 e. The van der Waals surface area contributed by atoms with E-state index in [1.807, 2.05) is 0 Å². The molecule has 1 rings (SSSR count). The van der Waals surface area contributed by atoms with Crippen molar-refractivity contribution in [2.45, 2.75) is 26.8 Å². The fourth-order valence-electron chi connectivity index (χ4n) is 2.27. The highest BCUT2D eigenvalue weighted by Gasteiger charge is 2.10. The molecule has 0 unspecified atom stereocenters. The normalized spacial score (nSPS) is 11.1. The van der Waals surface area contributed by atoms with Crippen LogP contribution >= 0.6 is 15.9 Å². The summed E-state index contributed by atoms with van der Waals surface area (Å²) < 4.78 is 1.15. The van der Waals surface area contributed by atoms with Gasteiger partial charge in [-0.15, -0.1) is 0 Å². The maximum Gasteiger partial charge on any atom is 0.0423 e. The SMILES string of the molecule is CCNCc1ccc(Br)cc1N(CC)CCCN(C)C. The summed E-state index contributed by atoms with van der Waals surface area (Å²) in [5.41, 5.74) is 2.73. The zero-order valence-electron chi connectivity index (χ0n) is 13.2. The predicted molar refractivity (Wildman–Crippen MR) is 92.6 cm³/mol. The quantitative estimate of drug-likeness (QED) is 0.743. The molecule has 0 atom stereocenters. The van der Waals surface area contributed by atoms with Crippen molar-refractivity contribution >= 4 is 21.6 Å². The van der Waals surface area contributed by atoms with E-state index in [4.69, 9.17) is 0 Å². The molecule has 20 heavy (non-hydrogen) atoms. The first kappa shape index (κ1) is 17.5. The zero-order valence-corrected chi connectivity index (χ0v) is 14.8. The molecule has 1 N–H and O–H groups in total. The molecule has 3 nitrogen and oxygen atoms in total. The Labute approximate surface area is 132 Å². The van der Waals surface area contributed by atoms with Crippen LogP contribution in [-0.4, -0.2) is 45.2 Å². The van der Waals surface area contributed by atoms with E-state index in [1.165, 1.54) is 17.7 Å². The molecule has 1 aromatic carbocycles. The van der Waals surface area contributed by atoms with Gasteiger partial charge in [0.15, 0.2) is 0 Å². The Morgan fingerprint density at radius 1 is 1.15 bits per heavy atom. The van der Waals surface area contributed by atoms with E-state index < -0.39 is 0 Å². The van der Waals surface area contributed by atoms with Crippen molar-refractivity contribution in [3.05, 3.63) is 28.2 Å². The smallest absolute Gasteiger partial charge is 0.0423 e. The summed E-state index contributed by atoms with van der Waals surface area (Å²) in [6, 6.07) is 6.59. The van der Waals surface area contributed by atoms with Crippen LogP contribution in [0, 0.1) is 0 Å². The first-order chi connectivity index (χ1) is 9.58. The maximum absolute atomic E-state index is 3.60. The zero-order chi connectivity index (χ0) is 15.0. The monoisotopic (exact) mass is 341 g/mol. The van der Waals surface area contributed by atoms with Crippen LogP contribution < -0.4 is 10.2 Å². The maximum atomic E-state index is 3.60. The van der Waals surface area contributed by atoms with Gasteiger partial charge in [0.05, 0.1) is 0 Å². The van der Waals surface area contributed by atoms with Gasteiger partial charge in [-0.1, -0.05) is 28.9 Å². The molecule has 0 heterocycles. The summed E-state index contributed by atoms with van der Waals surface area (Å²) in [4.78, 5) is 4.72. The Kier molecular flexibility index (Phi) is 8.19. The predicted octanol–water partition coefficient (Wildman–Crippen LogP) is 3.34. The lowest BCUT2D eigenvalue weighted by molar-refractivity contribution is 0.400. The van der Waals surface area contributed by atoms with Gasteiger partial charge in [-0.05, 0) is 58.2 Å². The number of benzene rings is 1. The van der Waals surface area contributed by atoms with Gasteiger partial charge in [0.2, 0.25) is 0 Å². The minimum absolute atomic E-state index is 0.934. The molecular weight excluding hydrogens is 314 g/mol. The highest BCUT2D eigenvalue weighted by molar-refractivity contribution is 9.10. The van der Waals surface area contributed by atoms with E-state index >= 15 is 0 Å². The van der Waals surface area contributed by atoms with Gasteiger partial charge < -0.3 is 15.1 Å². The Bertz CT molecular complexity index is 393. The van der Waals surface area contributed by atoms with Crippen LogP contribution in [0.15, 0.2) is 22.7 Å². The number of hydrogen-bond donors (Lipinski definition) is 1. The Morgan fingerprint density at radius 2 is 1.90 bits per heavy atom. The first-order valence-electron chi connectivity index (χ1n) is 7.47. The Hall–Kier alpha value is -0.580. The minimum Gasteiger partial charge on any atom is -0.371 e. The van der Waals surface area contributed by atoms with Gasteiger partial charge in [-0.3, -0.25) is 0 Å². The highest BCUT2D eigenvalue weighted by Crippen LogP contribution is 2.25. The summed E-state index contributed by atoms with van der Waals surface area (Å²) in [6.07, 6.45) is 1.19. The van der Waals surface area contributed by atoms with Crippen molar-refractivity contribution in [2.75, 3.05) is 45.2 Å². The third-order valence-electron chi connectivity index (χ3n) is 3.37. The van der Waals surface area contributed by atoms with Crippen LogP contribution in [-0.2, 0) is 6.54 Å². The highest BCUT2D eigenvalue weighted by atomic mass is 79.9. The lowest BCUT2D eigenvalue weighted by Gasteiger charge is -2.27. The molecule has 1 aromatic rings. The Balaban J connectivity index is 2.80. The lowest BCUT2D eigenvalue weighted by atomic mass is 10.1. The summed E-state index contributed by atoms with van der Waals surface area (Å²) in [5.74, 6) is 0. The second kappa shape index (κ2) is 9.37. The molecule has 0 bridgehead atoms. The molecule has 0 saturated heterocycles. The number of nitrogens with one attached hydrogen (secondary N) is 1. The molecule has 0 aliphatic carbocycles. The van der Waals surface area contributed by atoms with Crippen molar-refractivity contribution in [3.8, 4) is 0 Å². The summed E-state index contributed by atoms with van der Waals surface area (Å²) >= 11 is 3.60.